The summed E-state index contributed by atoms with van der Waals surface area (Å²) in [7, 11) is -3.40. The summed E-state index contributed by atoms with van der Waals surface area (Å²) in [5, 5.41) is 12.9. The van der Waals surface area contributed by atoms with Gasteiger partial charge in [-0.05, 0) is 29.3 Å². The normalized spacial score (nSPS) is 15.3. The van der Waals surface area contributed by atoms with Crippen LogP contribution in [0.5, 0.6) is 0 Å². The van der Waals surface area contributed by atoms with Crippen molar-refractivity contribution in [3.8, 4) is 6.07 Å². The van der Waals surface area contributed by atoms with Crippen LogP contribution in [0.2, 0.25) is 5.02 Å². The summed E-state index contributed by atoms with van der Waals surface area (Å²) in [5.41, 5.74) is 2.71. The van der Waals surface area contributed by atoms with Crippen LogP contribution in [-0.2, 0) is 27.1 Å². The first-order chi connectivity index (χ1) is 13.0. The van der Waals surface area contributed by atoms with Crippen LogP contribution in [0.3, 0.4) is 0 Å². The van der Waals surface area contributed by atoms with Crippen molar-refractivity contribution in [2.75, 3.05) is 31.6 Å². The minimum atomic E-state index is -3.40. The molecule has 1 fully saturated rings. The summed E-state index contributed by atoms with van der Waals surface area (Å²) >= 11 is 5.93. The fraction of sp³-hybridized carbons (Fsp3) is 0.316. The number of rotatable bonds is 6. The van der Waals surface area contributed by atoms with E-state index in [0.29, 0.717) is 49.1 Å². The first kappa shape index (κ1) is 19.6. The molecule has 0 aliphatic carbocycles. The molecule has 0 bridgehead atoms. The molecule has 3 rings (SSSR count). The Kier molecular flexibility index (Phi) is 6.34. The molecule has 142 valence electrons. The van der Waals surface area contributed by atoms with Crippen molar-refractivity contribution < 1.29 is 13.2 Å². The highest BCUT2D eigenvalue weighted by atomic mass is 35.5. The van der Waals surface area contributed by atoms with E-state index >= 15 is 0 Å². The molecule has 0 amide bonds. The first-order valence-corrected chi connectivity index (χ1v) is 10.5. The number of hydrogen-bond acceptors (Lipinski definition) is 5. The van der Waals surface area contributed by atoms with Gasteiger partial charge in [0, 0.05) is 24.7 Å². The number of hydrogen-bond donors (Lipinski definition) is 1. The quantitative estimate of drug-likeness (QED) is 0.798. The molecule has 0 unspecified atom stereocenters. The number of nitrogens with one attached hydrogen (secondary N) is 1. The lowest BCUT2D eigenvalue weighted by atomic mass is 10.1. The summed E-state index contributed by atoms with van der Waals surface area (Å²) in [4.78, 5) is 0. The molecular weight excluding hydrogens is 386 g/mol. The number of nitrogens with zero attached hydrogens (tertiary/aromatic N) is 2. The van der Waals surface area contributed by atoms with Crippen LogP contribution in [0, 0.1) is 11.3 Å². The highest BCUT2D eigenvalue weighted by molar-refractivity contribution is 7.88. The molecule has 1 aliphatic heterocycles. The van der Waals surface area contributed by atoms with E-state index in [2.05, 4.69) is 11.4 Å². The molecule has 1 heterocycles. The SMILES string of the molecule is N#Cc1cc(Cl)ccc1NCc1ccccc1CS(=O)(=O)N1CCOCC1. The van der Waals surface area contributed by atoms with Crippen LogP contribution in [0.25, 0.3) is 0 Å². The van der Waals surface area contributed by atoms with Gasteiger partial charge in [-0.15, -0.1) is 0 Å². The summed E-state index contributed by atoms with van der Waals surface area (Å²) in [6.07, 6.45) is 0. The molecule has 27 heavy (non-hydrogen) atoms. The van der Waals surface area contributed by atoms with Crippen LogP contribution >= 0.6 is 11.6 Å². The maximum absolute atomic E-state index is 12.7. The number of morpholine rings is 1. The van der Waals surface area contributed by atoms with Crippen molar-refractivity contribution in [2.24, 2.45) is 0 Å². The lowest BCUT2D eigenvalue weighted by Crippen LogP contribution is -2.41. The molecule has 0 aromatic heterocycles. The Bertz CT molecular complexity index is 951. The Morgan fingerprint density at radius 1 is 1.15 bits per heavy atom. The summed E-state index contributed by atoms with van der Waals surface area (Å²) < 4.78 is 32.1. The van der Waals surface area contributed by atoms with Gasteiger partial charge < -0.3 is 10.1 Å². The zero-order valence-corrected chi connectivity index (χ0v) is 16.3. The van der Waals surface area contributed by atoms with Crippen molar-refractivity contribution in [1.82, 2.24) is 4.31 Å². The molecule has 6 nitrogen and oxygen atoms in total. The van der Waals surface area contributed by atoms with Gasteiger partial charge in [0.25, 0.3) is 0 Å². The highest BCUT2D eigenvalue weighted by Crippen LogP contribution is 2.22. The van der Waals surface area contributed by atoms with Gasteiger partial charge in [-0.3, -0.25) is 0 Å². The molecule has 1 aliphatic rings. The zero-order chi connectivity index (χ0) is 19.3. The Balaban J connectivity index is 1.76. The van der Waals surface area contributed by atoms with Crippen LogP contribution in [0.15, 0.2) is 42.5 Å². The molecule has 1 saturated heterocycles. The van der Waals surface area contributed by atoms with Crippen LogP contribution < -0.4 is 5.32 Å². The van der Waals surface area contributed by atoms with E-state index in [-0.39, 0.29) is 5.75 Å². The Morgan fingerprint density at radius 3 is 2.56 bits per heavy atom. The van der Waals surface area contributed by atoms with Gasteiger partial charge in [0.05, 0.1) is 30.2 Å². The van der Waals surface area contributed by atoms with E-state index in [0.717, 1.165) is 11.1 Å². The molecule has 0 saturated carbocycles. The van der Waals surface area contributed by atoms with Gasteiger partial charge in [-0.1, -0.05) is 35.9 Å². The topological polar surface area (TPSA) is 82.4 Å². The largest absolute Gasteiger partial charge is 0.380 e. The zero-order valence-electron chi connectivity index (χ0n) is 14.7. The standard InChI is InChI=1S/C19H20ClN3O3S/c20-18-5-6-19(17(11-18)12-21)22-13-15-3-1-2-4-16(15)14-27(24,25)23-7-9-26-10-8-23/h1-6,11,22H,7-10,13-14H2. The van der Waals surface area contributed by atoms with E-state index in [1.807, 2.05) is 24.3 Å². The summed E-state index contributed by atoms with van der Waals surface area (Å²) in [6, 6.07) is 14.6. The second-order valence-electron chi connectivity index (χ2n) is 6.19. The van der Waals surface area contributed by atoms with Gasteiger partial charge in [0.1, 0.15) is 6.07 Å². The third-order valence-electron chi connectivity index (χ3n) is 4.39. The van der Waals surface area contributed by atoms with E-state index < -0.39 is 10.0 Å². The Labute approximate surface area is 164 Å². The fourth-order valence-electron chi connectivity index (χ4n) is 2.94. The summed E-state index contributed by atoms with van der Waals surface area (Å²) in [6.45, 7) is 2.04. The maximum Gasteiger partial charge on any atom is 0.218 e. The van der Waals surface area contributed by atoms with Crippen LogP contribution in [-0.4, -0.2) is 39.0 Å². The predicted octanol–water partition coefficient (Wildman–Crippen LogP) is 2.99. The first-order valence-electron chi connectivity index (χ1n) is 8.55. The number of anilines is 1. The number of benzene rings is 2. The third-order valence-corrected chi connectivity index (χ3v) is 6.45. The van der Waals surface area contributed by atoms with Crippen LogP contribution in [0.1, 0.15) is 16.7 Å². The van der Waals surface area contributed by atoms with E-state index in [1.165, 1.54) is 4.31 Å². The maximum atomic E-state index is 12.7. The monoisotopic (exact) mass is 405 g/mol. The van der Waals surface area contributed by atoms with Crippen molar-refractivity contribution >= 4 is 27.3 Å². The van der Waals surface area contributed by atoms with E-state index in [4.69, 9.17) is 16.3 Å². The lowest BCUT2D eigenvalue weighted by molar-refractivity contribution is 0.0729. The molecular formula is C19H20ClN3O3S. The average molecular weight is 406 g/mol. The second-order valence-corrected chi connectivity index (χ2v) is 8.60. The number of ether oxygens (including phenoxy) is 1. The summed E-state index contributed by atoms with van der Waals surface area (Å²) in [5.74, 6) is -0.0590. The predicted molar refractivity (Wildman–Crippen MR) is 105 cm³/mol. The van der Waals surface area contributed by atoms with Crippen molar-refractivity contribution in [3.63, 3.8) is 0 Å². The molecule has 2 aromatic carbocycles. The Hall–Kier alpha value is -2.11. The highest BCUT2D eigenvalue weighted by Gasteiger charge is 2.25. The molecule has 0 spiro atoms. The van der Waals surface area contributed by atoms with Gasteiger partial charge in [-0.25, -0.2) is 8.42 Å². The molecule has 0 radical (unpaired) electrons. The van der Waals surface area contributed by atoms with Crippen LogP contribution in [0.4, 0.5) is 5.69 Å². The molecule has 2 aromatic rings. The van der Waals surface area contributed by atoms with Gasteiger partial charge in [-0.2, -0.15) is 9.57 Å². The smallest absolute Gasteiger partial charge is 0.218 e. The average Bonchev–Trinajstić information content (AvgIpc) is 2.68. The lowest BCUT2D eigenvalue weighted by Gasteiger charge is -2.26. The van der Waals surface area contributed by atoms with Gasteiger partial charge >= 0.3 is 0 Å². The van der Waals surface area contributed by atoms with Crippen molar-refractivity contribution in [1.29, 1.82) is 5.26 Å². The molecule has 8 heteroatoms. The third kappa shape index (κ3) is 4.99. The van der Waals surface area contributed by atoms with Gasteiger partial charge in [0.2, 0.25) is 10.0 Å². The minimum Gasteiger partial charge on any atom is -0.380 e. The van der Waals surface area contributed by atoms with Gasteiger partial charge in [0.15, 0.2) is 0 Å². The van der Waals surface area contributed by atoms with E-state index in [9.17, 15) is 13.7 Å². The van der Waals surface area contributed by atoms with Crippen molar-refractivity contribution in [2.45, 2.75) is 12.3 Å². The minimum absolute atomic E-state index is 0.0590. The second kappa shape index (κ2) is 8.72. The number of sulfonamides is 1. The Morgan fingerprint density at radius 2 is 1.85 bits per heavy atom. The molecule has 1 N–H and O–H groups in total. The van der Waals surface area contributed by atoms with Crippen molar-refractivity contribution in [3.05, 3.63) is 64.2 Å². The number of halogens is 1. The number of nitriles is 1. The fourth-order valence-corrected chi connectivity index (χ4v) is 4.67. The van der Waals surface area contributed by atoms with E-state index in [1.54, 1.807) is 18.2 Å². The molecule has 0 atom stereocenters.